The van der Waals surface area contributed by atoms with Gasteiger partial charge in [-0.1, -0.05) is 6.92 Å². The lowest BCUT2D eigenvalue weighted by molar-refractivity contribution is -0.148. The summed E-state index contributed by atoms with van der Waals surface area (Å²) < 4.78 is 0. The standard InChI is InChI=1S/C9H14O2/c1-9-4-6(10)2-3-7(9)8(11)5-9/h7-8,11H,2-5H2,1H3/t7-,8-,9+/m1/s1. The van der Waals surface area contributed by atoms with E-state index in [0.717, 1.165) is 12.8 Å². The Labute approximate surface area is 66.6 Å². The van der Waals surface area contributed by atoms with Crippen molar-refractivity contribution in [2.75, 3.05) is 0 Å². The van der Waals surface area contributed by atoms with Crippen LogP contribution >= 0.6 is 0 Å². The maximum absolute atomic E-state index is 11.1. The maximum Gasteiger partial charge on any atom is 0.133 e. The highest BCUT2D eigenvalue weighted by Gasteiger charge is 2.52. The molecule has 3 atom stereocenters. The zero-order valence-corrected chi connectivity index (χ0v) is 6.84. The smallest absolute Gasteiger partial charge is 0.133 e. The van der Waals surface area contributed by atoms with Crippen LogP contribution in [0.2, 0.25) is 0 Å². The van der Waals surface area contributed by atoms with Crippen LogP contribution in [0.5, 0.6) is 0 Å². The van der Waals surface area contributed by atoms with Gasteiger partial charge in [-0.3, -0.25) is 4.79 Å². The van der Waals surface area contributed by atoms with E-state index in [1.54, 1.807) is 0 Å². The predicted molar refractivity (Wildman–Crippen MR) is 41.1 cm³/mol. The minimum absolute atomic E-state index is 0.118. The van der Waals surface area contributed by atoms with Crippen molar-refractivity contribution in [1.82, 2.24) is 0 Å². The lowest BCUT2D eigenvalue weighted by Crippen LogP contribution is -2.53. The average molecular weight is 154 g/mol. The Kier molecular flexibility index (Phi) is 1.37. The first kappa shape index (κ1) is 7.29. The Hall–Kier alpha value is -0.370. The second kappa shape index (κ2) is 2.07. The Balaban J connectivity index is 2.11. The molecule has 0 bridgehead atoms. The number of carbonyl (C=O) groups is 1. The molecule has 0 aromatic rings. The van der Waals surface area contributed by atoms with E-state index in [9.17, 15) is 9.90 Å². The average Bonchev–Trinajstić information content (AvgIpc) is 1.84. The summed E-state index contributed by atoms with van der Waals surface area (Å²) in [7, 11) is 0. The molecule has 0 saturated heterocycles. The largest absolute Gasteiger partial charge is 0.393 e. The zero-order valence-electron chi connectivity index (χ0n) is 6.84. The molecule has 2 heteroatoms. The van der Waals surface area contributed by atoms with Gasteiger partial charge in [0.1, 0.15) is 5.78 Å². The van der Waals surface area contributed by atoms with Gasteiger partial charge in [0.05, 0.1) is 6.10 Å². The molecule has 0 aromatic carbocycles. The molecule has 1 N–H and O–H groups in total. The molecule has 0 heterocycles. The van der Waals surface area contributed by atoms with E-state index in [1.165, 1.54) is 0 Å². The molecule has 2 saturated carbocycles. The van der Waals surface area contributed by atoms with Gasteiger partial charge in [0, 0.05) is 12.8 Å². The van der Waals surface area contributed by atoms with Crippen LogP contribution in [0.3, 0.4) is 0 Å². The summed E-state index contributed by atoms with van der Waals surface area (Å²) >= 11 is 0. The number of Topliss-reactive ketones (excluding diaryl/α,β-unsaturated/α-hetero) is 1. The van der Waals surface area contributed by atoms with E-state index in [4.69, 9.17) is 0 Å². The molecule has 2 aliphatic carbocycles. The first-order valence-corrected chi connectivity index (χ1v) is 4.32. The molecule has 11 heavy (non-hydrogen) atoms. The minimum atomic E-state index is -0.118. The van der Waals surface area contributed by atoms with Crippen LogP contribution in [-0.2, 0) is 4.79 Å². The van der Waals surface area contributed by atoms with Crippen molar-refractivity contribution in [1.29, 1.82) is 0 Å². The number of aliphatic hydroxyl groups excluding tert-OH is 1. The molecule has 0 aromatic heterocycles. The van der Waals surface area contributed by atoms with Gasteiger partial charge in [-0.05, 0) is 24.2 Å². The van der Waals surface area contributed by atoms with Gasteiger partial charge in [0.25, 0.3) is 0 Å². The SMILES string of the molecule is C[C@@]12CC(=O)CC[C@@H]1[C@H](O)C2. The van der Waals surface area contributed by atoms with Crippen molar-refractivity contribution in [2.45, 2.75) is 38.7 Å². The van der Waals surface area contributed by atoms with E-state index in [1.807, 2.05) is 0 Å². The Bertz CT molecular complexity index is 200. The van der Waals surface area contributed by atoms with Crippen LogP contribution in [0.1, 0.15) is 32.6 Å². The third-order valence-electron chi connectivity index (χ3n) is 3.37. The quantitative estimate of drug-likeness (QED) is 0.568. The molecule has 2 fully saturated rings. The van der Waals surface area contributed by atoms with E-state index in [-0.39, 0.29) is 11.5 Å². The second-order valence-corrected chi connectivity index (χ2v) is 4.29. The summed E-state index contributed by atoms with van der Waals surface area (Å²) in [6.45, 7) is 2.13. The van der Waals surface area contributed by atoms with E-state index >= 15 is 0 Å². The van der Waals surface area contributed by atoms with Crippen LogP contribution in [-0.4, -0.2) is 17.0 Å². The first-order chi connectivity index (χ1) is 5.12. The number of rotatable bonds is 0. The van der Waals surface area contributed by atoms with Crippen molar-refractivity contribution in [3.8, 4) is 0 Å². The number of hydrogen-bond acceptors (Lipinski definition) is 2. The first-order valence-electron chi connectivity index (χ1n) is 4.32. The van der Waals surface area contributed by atoms with Gasteiger partial charge >= 0.3 is 0 Å². The molecular formula is C9H14O2. The van der Waals surface area contributed by atoms with Crippen LogP contribution in [0.4, 0.5) is 0 Å². The summed E-state index contributed by atoms with van der Waals surface area (Å²) in [5.74, 6) is 0.802. The molecule has 2 rings (SSSR count). The predicted octanol–water partition coefficient (Wildman–Crippen LogP) is 1.13. The molecule has 0 unspecified atom stereocenters. The lowest BCUT2D eigenvalue weighted by atomic mass is 9.53. The number of hydrogen-bond donors (Lipinski definition) is 1. The van der Waals surface area contributed by atoms with Crippen LogP contribution in [0.25, 0.3) is 0 Å². The fourth-order valence-electron chi connectivity index (χ4n) is 2.67. The highest BCUT2D eigenvalue weighted by molar-refractivity contribution is 5.80. The summed E-state index contributed by atoms with van der Waals surface area (Å²) in [6, 6.07) is 0. The highest BCUT2D eigenvalue weighted by atomic mass is 16.3. The van der Waals surface area contributed by atoms with Crippen molar-refractivity contribution in [3.63, 3.8) is 0 Å². The monoisotopic (exact) mass is 154 g/mol. The number of carbonyl (C=O) groups excluding carboxylic acids is 1. The fraction of sp³-hybridized carbons (Fsp3) is 0.889. The van der Waals surface area contributed by atoms with Crippen LogP contribution < -0.4 is 0 Å². The Morgan fingerprint density at radius 1 is 1.64 bits per heavy atom. The molecule has 2 nitrogen and oxygen atoms in total. The minimum Gasteiger partial charge on any atom is -0.393 e. The Morgan fingerprint density at radius 2 is 2.36 bits per heavy atom. The van der Waals surface area contributed by atoms with Gasteiger partial charge in [-0.15, -0.1) is 0 Å². The molecular weight excluding hydrogens is 140 g/mol. The lowest BCUT2D eigenvalue weighted by Gasteiger charge is -2.53. The van der Waals surface area contributed by atoms with Crippen molar-refractivity contribution in [2.24, 2.45) is 11.3 Å². The van der Waals surface area contributed by atoms with Gasteiger partial charge < -0.3 is 5.11 Å². The van der Waals surface area contributed by atoms with Gasteiger partial charge in [0.15, 0.2) is 0 Å². The summed E-state index contributed by atoms with van der Waals surface area (Å²) in [5.41, 5.74) is 0.161. The van der Waals surface area contributed by atoms with E-state index in [2.05, 4.69) is 6.92 Å². The molecule has 62 valence electrons. The van der Waals surface area contributed by atoms with E-state index < -0.39 is 0 Å². The fourth-order valence-corrected chi connectivity index (χ4v) is 2.67. The maximum atomic E-state index is 11.1. The molecule has 0 radical (unpaired) electrons. The normalized spacial score (nSPS) is 49.8. The van der Waals surface area contributed by atoms with Crippen molar-refractivity contribution >= 4 is 5.78 Å². The molecule has 0 aliphatic heterocycles. The number of fused-ring (bicyclic) bond motifs is 1. The zero-order chi connectivity index (χ0) is 8.06. The topological polar surface area (TPSA) is 37.3 Å². The molecule has 0 amide bonds. The van der Waals surface area contributed by atoms with Crippen LogP contribution in [0, 0.1) is 11.3 Å². The van der Waals surface area contributed by atoms with E-state index in [0.29, 0.717) is 24.5 Å². The highest BCUT2D eigenvalue weighted by Crippen LogP contribution is 2.54. The van der Waals surface area contributed by atoms with Gasteiger partial charge in [0.2, 0.25) is 0 Å². The number of ketones is 1. The molecule has 0 spiro atoms. The summed E-state index contributed by atoms with van der Waals surface area (Å²) in [4.78, 5) is 11.1. The molecule has 2 aliphatic rings. The number of aliphatic hydroxyl groups is 1. The van der Waals surface area contributed by atoms with Gasteiger partial charge in [-0.2, -0.15) is 0 Å². The van der Waals surface area contributed by atoms with Crippen molar-refractivity contribution < 1.29 is 9.90 Å². The third kappa shape index (κ3) is 0.924. The summed E-state index contributed by atoms with van der Waals surface area (Å²) in [5, 5.41) is 9.38. The second-order valence-electron chi connectivity index (χ2n) is 4.29. The van der Waals surface area contributed by atoms with Gasteiger partial charge in [-0.25, -0.2) is 0 Å². The van der Waals surface area contributed by atoms with Crippen molar-refractivity contribution in [3.05, 3.63) is 0 Å². The summed E-state index contributed by atoms with van der Waals surface area (Å²) in [6.07, 6.45) is 3.03. The van der Waals surface area contributed by atoms with Crippen LogP contribution in [0.15, 0.2) is 0 Å². The Morgan fingerprint density at radius 3 is 2.91 bits per heavy atom. The third-order valence-corrected chi connectivity index (χ3v) is 3.37.